The van der Waals surface area contributed by atoms with E-state index in [-0.39, 0.29) is 17.2 Å². The second kappa shape index (κ2) is 8.87. The molecule has 1 spiro atoms. The fourth-order valence-electron chi connectivity index (χ4n) is 5.81. The van der Waals surface area contributed by atoms with Crippen LogP contribution in [-0.2, 0) is 4.79 Å². The number of nitrogens with one attached hydrogen (secondary N) is 1. The summed E-state index contributed by atoms with van der Waals surface area (Å²) in [4.78, 5) is 32.7. The lowest BCUT2D eigenvalue weighted by atomic mass is 9.90. The molecule has 0 radical (unpaired) electrons. The lowest BCUT2D eigenvalue weighted by molar-refractivity contribution is -0.134. The van der Waals surface area contributed by atoms with Gasteiger partial charge in [-0.2, -0.15) is 5.10 Å². The Morgan fingerprint density at radius 2 is 1.49 bits per heavy atom. The van der Waals surface area contributed by atoms with E-state index in [1.54, 1.807) is 0 Å². The predicted molar refractivity (Wildman–Crippen MR) is 135 cm³/mol. The Bertz CT molecular complexity index is 1190. The molecule has 180 valence electrons. The van der Waals surface area contributed by atoms with E-state index in [1.165, 1.54) is 5.69 Å². The Hall–Kier alpha value is -3.61. The molecule has 3 aliphatic rings. The highest BCUT2D eigenvalue weighted by Gasteiger charge is 2.59. The third-order valence-electron chi connectivity index (χ3n) is 8.12. The largest absolute Gasteiger partial charge is 0.368 e. The normalized spacial score (nSPS) is 21.3. The fourth-order valence-corrected chi connectivity index (χ4v) is 5.81. The Morgan fingerprint density at radius 1 is 0.829 bits per heavy atom. The predicted octanol–water partition coefficient (Wildman–Crippen LogP) is 3.67. The number of carbonyl (C=O) groups is 2. The third kappa shape index (κ3) is 4.20. The van der Waals surface area contributed by atoms with Crippen LogP contribution >= 0.6 is 0 Å². The summed E-state index contributed by atoms with van der Waals surface area (Å²) in [5.74, 6) is 0.438. The van der Waals surface area contributed by atoms with Crippen LogP contribution in [0.3, 0.4) is 0 Å². The molecule has 3 aromatic rings. The molecule has 1 aliphatic carbocycles. The molecular weight excluding hydrogens is 438 g/mol. The van der Waals surface area contributed by atoms with Crippen LogP contribution in [0.25, 0.3) is 11.3 Å². The minimum atomic E-state index is -0.00454. The van der Waals surface area contributed by atoms with E-state index >= 15 is 0 Å². The zero-order valence-electron chi connectivity index (χ0n) is 19.9. The third-order valence-corrected chi connectivity index (χ3v) is 8.12. The summed E-state index contributed by atoms with van der Waals surface area (Å²) < 4.78 is 0. The van der Waals surface area contributed by atoms with Gasteiger partial charge in [0.1, 0.15) is 5.69 Å². The second-order valence-corrected chi connectivity index (χ2v) is 10.1. The first kappa shape index (κ1) is 21.9. The van der Waals surface area contributed by atoms with Gasteiger partial charge in [0.05, 0.1) is 5.69 Å². The number of hydrogen-bond acceptors (Lipinski definition) is 4. The Labute approximate surface area is 205 Å². The fraction of sp³-hybridized carbons (Fsp3) is 0.393. The Kier molecular flexibility index (Phi) is 5.55. The monoisotopic (exact) mass is 469 g/mol. The molecule has 1 saturated carbocycles. The molecule has 2 aromatic carbocycles. The van der Waals surface area contributed by atoms with Crippen molar-refractivity contribution in [1.29, 1.82) is 0 Å². The number of piperidine rings is 1. The summed E-state index contributed by atoms with van der Waals surface area (Å²) >= 11 is 0. The van der Waals surface area contributed by atoms with Gasteiger partial charge in [0.15, 0.2) is 0 Å². The SMILES string of the molecule is O=C(c1cc(-c2ccccc2)n[nH]1)N1CCC2(CC1)CC2C(=O)N1CCN(c2ccccc2)CC1. The van der Waals surface area contributed by atoms with Crippen LogP contribution in [0, 0.1) is 11.3 Å². The number of hydrogen-bond donors (Lipinski definition) is 1. The first-order chi connectivity index (χ1) is 17.1. The first-order valence-electron chi connectivity index (χ1n) is 12.6. The molecule has 1 N–H and O–H groups in total. The molecule has 2 saturated heterocycles. The number of piperazine rings is 1. The van der Waals surface area contributed by atoms with Gasteiger partial charge >= 0.3 is 0 Å². The molecule has 7 nitrogen and oxygen atoms in total. The van der Waals surface area contributed by atoms with Crippen molar-refractivity contribution in [2.75, 3.05) is 44.2 Å². The Morgan fingerprint density at radius 3 is 2.17 bits per heavy atom. The molecule has 7 heteroatoms. The van der Waals surface area contributed by atoms with Crippen LogP contribution in [-0.4, -0.2) is 71.1 Å². The maximum atomic E-state index is 13.3. The highest BCUT2D eigenvalue weighted by atomic mass is 16.2. The van der Waals surface area contributed by atoms with Crippen molar-refractivity contribution in [2.24, 2.45) is 11.3 Å². The molecule has 2 aliphatic heterocycles. The number of aromatic amines is 1. The smallest absolute Gasteiger partial charge is 0.271 e. The molecule has 3 heterocycles. The molecule has 0 bridgehead atoms. The minimum Gasteiger partial charge on any atom is -0.368 e. The number of para-hydroxylation sites is 1. The lowest BCUT2D eigenvalue weighted by Gasteiger charge is -2.37. The van der Waals surface area contributed by atoms with Crippen molar-refractivity contribution in [3.8, 4) is 11.3 Å². The molecule has 1 atom stereocenters. The highest BCUT2D eigenvalue weighted by molar-refractivity contribution is 5.93. The van der Waals surface area contributed by atoms with Crippen molar-refractivity contribution in [3.63, 3.8) is 0 Å². The lowest BCUT2D eigenvalue weighted by Crippen LogP contribution is -2.50. The summed E-state index contributed by atoms with van der Waals surface area (Å²) in [5.41, 5.74) is 3.62. The van der Waals surface area contributed by atoms with Crippen LogP contribution < -0.4 is 4.90 Å². The van der Waals surface area contributed by atoms with Crippen molar-refractivity contribution in [1.82, 2.24) is 20.0 Å². The molecule has 1 unspecified atom stereocenters. The van der Waals surface area contributed by atoms with Gasteiger partial charge in [0.25, 0.3) is 5.91 Å². The number of benzene rings is 2. The maximum Gasteiger partial charge on any atom is 0.271 e. The van der Waals surface area contributed by atoms with E-state index in [1.807, 2.05) is 47.4 Å². The number of likely N-dealkylation sites (tertiary alicyclic amines) is 1. The van der Waals surface area contributed by atoms with Crippen LogP contribution in [0.1, 0.15) is 29.8 Å². The summed E-state index contributed by atoms with van der Waals surface area (Å²) in [6.07, 6.45) is 2.77. The second-order valence-electron chi connectivity index (χ2n) is 10.1. The number of H-pyrrole nitrogens is 1. The zero-order valence-corrected chi connectivity index (χ0v) is 19.9. The summed E-state index contributed by atoms with van der Waals surface area (Å²) in [7, 11) is 0. The Balaban J connectivity index is 1.02. The van der Waals surface area contributed by atoms with E-state index < -0.39 is 0 Å². The van der Waals surface area contributed by atoms with Crippen LogP contribution in [0.4, 0.5) is 5.69 Å². The molecule has 35 heavy (non-hydrogen) atoms. The quantitative estimate of drug-likeness (QED) is 0.633. The number of carbonyl (C=O) groups excluding carboxylic acids is 2. The van der Waals surface area contributed by atoms with Gasteiger partial charge in [-0.25, -0.2) is 0 Å². The summed E-state index contributed by atoms with van der Waals surface area (Å²) in [6.45, 7) is 4.73. The molecule has 3 fully saturated rings. The van der Waals surface area contributed by atoms with Gasteiger partial charge in [-0.05, 0) is 42.9 Å². The summed E-state index contributed by atoms with van der Waals surface area (Å²) in [5, 5.41) is 7.25. The maximum absolute atomic E-state index is 13.3. The van der Waals surface area contributed by atoms with Gasteiger partial charge in [0, 0.05) is 56.4 Å². The molecule has 1 aromatic heterocycles. The van der Waals surface area contributed by atoms with E-state index in [0.29, 0.717) is 24.7 Å². The van der Waals surface area contributed by atoms with E-state index in [0.717, 1.165) is 56.7 Å². The highest BCUT2D eigenvalue weighted by Crippen LogP contribution is 2.60. The van der Waals surface area contributed by atoms with Gasteiger partial charge < -0.3 is 14.7 Å². The van der Waals surface area contributed by atoms with E-state index in [9.17, 15) is 9.59 Å². The van der Waals surface area contributed by atoms with Gasteiger partial charge in [-0.3, -0.25) is 14.7 Å². The van der Waals surface area contributed by atoms with Gasteiger partial charge in [-0.15, -0.1) is 0 Å². The topological polar surface area (TPSA) is 72.5 Å². The van der Waals surface area contributed by atoms with Crippen LogP contribution in [0.15, 0.2) is 66.7 Å². The van der Waals surface area contributed by atoms with Crippen molar-refractivity contribution >= 4 is 17.5 Å². The average molecular weight is 470 g/mol. The molecular formula is C28H31N5O2. The number of nitrogens with zero attached hydrogens (tertiary/aromatic N) is 4. The number of rotatable bonds is 4. The zero-order chi connectivity index (χ0) is 23.8. The number of amides is 2. The van der Waals surface area contributed by atoms with E-state index in [2.05, 4.69) is 44.3 Å². The standard InChI is InChI=1S/C28H31N5O2/c34-26(33-17-15-31(16-18-33)22-9-5-2-6-10-22)23-20-28(23)11-13-32(14-12-28)27(35)25-19-24(29-30-25)21-7-3-1-4-8-21/h1-10,19,23H,11-18,20H2,(H,29,30). The average Bonchev–Trinajstić information content (AvgIpc) is 3.38. The van der Waals surface area contributed by atoms with Gasteiger partial charge in [0.2, 0.25) is 5.91 Å². The molecule has 6 rings (SSSR count). The van der Waals surface area contributed by atoms with Crippen LogP contribution in [0.2, 0.25) is 0 Å². The molecule has 2 amide bonds. The van der Waals surface area contributed by atoms with Crippen molar-refractivity contribution in [2.45, 2.75) is 19.3 Å². The number of anilines is 1. The number of aromatic nitrogens is 2. The van der Waals surface area contributed by atoms with Gasteiger partial charge in [-0.1, -0.05) is 48.5 Å². The van der Waals surface area contributed by atoms with Crippen molar-refractivity contribution < 1.29 is 9.59 Å². The van der Waals surface area contributed by atoms with E-state index in [4.69, 9.17) is 0 Å². The van der Waals surface area contributed by atoms with Crippen molar-refractivity contribution in [3.05, 3.63) is 72.4 Å². The minimum absolute atomic E-state index is 0.00454. The van der Waals surface area contributed by atoms with Crippen LogP contribution in [0.5, 0.6) is 0 Å². The summed E-state index contributed by atoms with van der Waals surface area (Å²) in [6, 6.07) is 22.1. The first-order valence-corrected chi connectivity index (χ1v) is 12.6.